The van der Waals surface area contributed by atoms with E-state index in [4.69, 9.17) is 16.3 Å². The summed E-state index contributed by atoms with van der Waals surface area (Å²) in [6, 6.07) is 8.09. The summed E-state index contributed by atoms with van der Waals surface area (Å²) in [5, 5.41) is 0.710. The van der Waals surface area contributed by atoms with Crippen molar-refractivity contribution in [2.45, 2.75) is 56.4 Å². The number of likely N-dealkylation sites (tertiary alicyclic amines) is 2. The van der Waals surface area contributed by atoms with Crippen molar-refractivity contribution in [1.29, 1.82) is 0 Å². The Bertz CT molecular complexity index is 801. The summed E-state index contributed by atoms with van der Waals surface area (Å²) in [6.45, 7) is 3.83. The standard InChI is InChI=1S/C24H31ClN2O3/c25-20-5-3-19(4-6-20)24(10-11-24)23(29)27-12-1-2-18-16-26(13-7-21(18)27)22(28)17-8-14-30-15-9-17/h3-6,17-18,21H,1-2,7-16H2/t18-,21+/m1/s1. The summed E-state index contributed by atoms with van der Waals surface area (Å²) in [5.41, 5.74) is 0.757. The third-order valence-corrected chi connectivity index (χ3v) is 8.02. The molecule has 1 aromatic rings. The predicted octanol–water partition coefficient (Wildman–Crippen LogP) is 3.64. The fraction of sp³-hybridized carbons (Fsp3) is 0.667. The molecule has 4 fully saturated rings. The number of fused-ring (bicyclic) bond motifs is 1. The second kappa shape index (κ2) is 8.16. The van der Waals surface area contributed by atoms with Crippen LogP contribution in [0.4, 0.5) is 0 Å². The molecule has 6 heteroatoms. The molecule has 3 heterocycles. The second-order valence-corrected chi connectivity index (χ2v) is 9.95. The average molecular weight is 431 g/mol. The van der Waals surface area contributed by atoms with Crippen LogP contribution in [-0.2, 0) is 19.7 Å². The number of amides is 2. The van der Waals surface area contributed by atoms with Gasteiger partial charge in [0.15, 0.2) is 0 Å². The lowest BCUT2D eigenvalue weighted by molar-refractivity contribution is -0.146. The summed E-state index contributed by atoms with van der Waals surface area (Å²) < 4.78 is 5.42. The molecule has 0 spiro atoms. The van der Waals surface area contributed by atoms with E-state index in [9.17, 15) is 9.59 Å². The first-order chi connectivity index (χ1) is 14.6. The van der Waals surface area contributed by atoms with Gasteiger partial charge in [-0.15, -0.1) is 0 Å². The summed E-state index contributed by atoms with van der Waals surface area (Å²) in [6.07, 6.45) is 6.59. The highest BCUT2D eigenvalue weighted by molar-refractivity contribution is 6.30. The fourth-order valence-corrected chi connectivity index (χ4v) is 5.98. The largest absolute Gasteiger partial charge is 0.381 e. The highest BCUT2D eigenvalue weighted by atomic mass is 35.5. The minimum absolute atomic E-state index is 0.122. The Morgan fingerprint density at radius 3 is 2.43 bits per heavy atom. The van der Waals surface area contributed by atoms with Crippen molar-refractivity contribution in [2.75, 3.05) is 32.8 Å². The van der Waals surface area contributed by atoms with Crippen molar-refractivity contribution in [3.05, 3.63) is 34.9 Å². The van der Waals surface area contributed by atoms with E-state index in [-0.39, 0.29) is 17.4 Å². The van der Waals surface area contributed by atoms with Gasteiger partial charge in [-0.05, 0) is 68.6 Å². The van der Waals surface area contributed by atoms with E-state index >= 15 is 0 Å². The van der Waals surface area contributed by atoms with Crippen LogP contribution in [0.15, 0.2) is 24.3 Å². The van der Waals surface area contributed by atoms with E-state index in [0.717, 1.165) is 70.1 Å². The van der Waals surface area contributed by atoms with Crippen molar-refractivity contribution in [1.82, 2.24) is 9.80 Å². The van der Waals surface area contributed by atoms with Crippen LogP contribution < -0.4 is 0 Å². The maximum Gasteiger partial charge on any atom is 0.233 e. The molecule has 0 aromatic heterocycles. The van der Waals surface area contributed by atoms with Gasteiger partial charge < -0.3 is 14.5 Å². The van der Waals surface area contributed by atoms with Gasteiger partial charge in [0.1, 0.15) is 0 Å². The van der Waals surface area contributed by atoms with Gasteiger partial charge in [-0.1, -0.05) is 23.7 Å². The summed E-state index contributed by atoms with van der Waals surface area (Å²) in [7, 11) is 0. The van der Waals surface area contributed by atoms with Gasteiger partial charge in [0.05, 0.1) is 5.41 Å². The van der Waals surface area contributed by atoms with Gasteiger partial charge in [0, 0.05) is 49.8 Å². The maximum absolute atomic E-state index is 13.7. The number of ether oxygens (including phenoxy) is 1. The van der Waals surface area contributed by atoms with E-state index in [2.05, 4.69) is 9.80 Å². The molecular formula is C24H31ClN2O3. The van der Waals surface area contributed by atoms with E-state index < -0.39 is 0 Å². The molecule has 0 N–H and O–H groups in total. The maximum atomic E-state index is 13.7. The van der Waals surface area contributed by atoms with Crippen molar-refractivity contribution < 1.29 is 14.3 Å². The zero-order valence-electron chi connectivity index (χ0n) is 17.5. The molecule has 0 bridgehead atoms. The summed E-state index contributed by atoms with van der Waals surface area (Å²) >= 11 is 6.06. The Morgan fingerprint density at radius 2 is 1.73 bits per heavy atom. The van der Waals surface area contributed by atoms with Gasteiger partial charge in [0.25, 0.3) is 0 Å². The first-order valence-corrected chi connectivity index (χ1v) is 11.9. The molecule has 3 saturated heterocycles. The van der Waals surface area contributed by atoms with Crippen molar-refractivity contribution in [3.63, 3.8) is 0 Å². The van der Waals surface area contributed by atoms with Crippen LogP contribution in [0, 0.1) is 11.8 Å². The topological polar surface area (TPSA) is 49.9 Å². The Hall–Kier alpha value is -1.59. The number of rotatable bonds is 3. The Morgan fingerprint density at radius 1 is 1.00 bits per heavy atom. The van der Waals surface area contributed by atoms with Gasteiger partial charge in [-0.3, -0.25) is 9.59 Å². The molecule has 1 saturated carbocycles. The van der Waals surface area contributed by atoms with Gasteiger partial charge >= 0.3 is 0 Å². The number of piperidine rings is 2. The van der Waals surface area contributed by atoms with Crippen molar-refractivity contribution >= 4 is 23.4 Å². The molecule has 3 aliphatic heterocycles. The molecule has 1 aromatic carbocycles. The lowest BCUT2D eigenvalue weighted by Gasteiger charge is -2.48. The van der Waals surface area contributed by atoms with Crippen LogP contribution in [-0.4, -0.2) is 60.5 Å². The first-order valence-electron chi connectivity index (χ1n) is 11.5. The van der Waals surface area contributed by atoms with Crippen LogP contribution in [0.5, 0.6) is 0 Å². The van der Waals surface area contributed by atoms with Crippen LogP contribution in [0.2, 0.25) is 5.02 Å². The van der Waals surface area contributed by atoms with Gasteiger partial charge in [0.2, 0.25) is 11.8 Å². The molecule has 0 radical (unpaired) electrons. The third kappa shape index (κ3) is 3.64. The number of carbonyl (C=O) groups excluding carboxylic acids is 2. The van der Waals surface area contributed by atoms with Crippen molar-refractivity contribution in [2.24, 2.45) is 11.8 Å². The Balaban J connectivity index is 1.28. The van der Waals surface area contributed by atoms with Gasteiger partial charge in [-0.25, -0.2) is 0 Å². The zero-order valence-corrected chi connectivity index (χ0v) is 18.3. The number of hydrogen-bond acceptors (Lipinski definition) is 3. The first kappa shape index (κ1) is 20.3. The van der Waals surface area contributed by atoms with Crippen LogP contribution in [0.3, 0.4) is 0 Å². The number of hydrogen-bond donors (Lipinski definition) is 0. The Labute approximate surface area is 183 Å². The smallest absolute Gasteiger partial charge is 0.233 e. The third-order valence-electron chi connectivity index (χ3n) is 7.77. The van der Waals surface area contributed by atoms with Crippen molar-refractivity contribution in [3.8, 4) is 0 Å². The van der Waals surface area contributed by atoms with Crippen LogP contribution in [0.1, 0.15) is 50.5 Å². The highest BCUT2D eigenvalue weighted by Crippen LogP contribution is 2.51. The molecule has 2 amide bonds. The molecule has 4 aliphatic rings. The fourth-order valence-electron chi connectivity index (χ4n) is 5.85. The van der Waals surface area contributed by atoms with E-state index in [1.54, 1.807) is 0 Å². The van der Waals surface area contributed by atoms with E-state index in [0.29, 0.717) is 36.0 Å². The molecular weight excluding hydrogens is 400 g/mol. The SMILES string of the molecule is O=C(C1CCOCC1)N1CC[C@H]2[C@H](CCCN2C(=O)C2(c3ccc(Cl)cc3)CC2)C1. The van der Waals surface area contributed by atoms with Gasteiger partial charge in [-0.2, -0.15) is 0 Å². The predicted molar refractivity (Wildman–Crippen MR) is 115 cm³/mol. The van der Waals surface area contributed by atoms with E-state index in [1.807, 2.05) is 24.3 Å². The molecule has 162 valence electrons. The van der Waals surface area contributed by atoms with Crippen LogP contribution >= 0.6 is 11.6 Å². The monoisotopic (exact) mass is 430 g/mol. The molecule has 5 rings (SSSR count). The Kier molecular flexibility index (Phi) is 5.53. The lowest BCUT2D eigenvalue weighted by atomic mass is 9.81. The number of halogens is 1. The summed E-state index contributed by atoms with van der Waals surface area (Å²) in [4.78, 5) is 30.9. The lowest BCUT2D eigenvalue weighted by Crippen LogP contribution is -2.59. The number of benzene rings is 1. The average Bonchev–Trinajstić information content (AvgIpc) is 3.60. The molecule has 2 atom stereocenters. The molecule has 1 aliphatic carbocycles. The zero-order chi connectivity index (χ0) is 20.7. The molecule has 0 unspecified atom stereocenters. The summed E-state index contributed by atoms with van der Waals surface area (Å²) in [5.74, 6) is 1.13. The quantitative estimate of drug-likeness (QED) is 0.735. The second-order valence-electron chi connectivity index (χ2n) is 9.52. The normalized spacial score (nSPS) is 28.7. The minimum atomic E-state index is -0.346. The number of carbonyl (C=O) groups is 2. The molecule has 5 nitrogen and oxygen atoms in total. The minimum Gasteiger partial charge on any atom is -0.381 e. The van der Waals surface area contributed by atoms with Crippen LogP contribution in [0.25, 0.3) is 0 Å². The highest BCUT2D eigenvalue weighted by Gasteiger charge is 2.55. The molecule has 30 heavy (non-hydrogen) atoms. The van der Waals surface area contributed by atoms with E-state index in [1.165, 1.54) is 0 Å². The number of nitrogens with zero attached hydrogens (tertiary/aromatic N) is 2.